The SMILES string of the molecule is CCOC(=O)c1cc2nc(-c3ccc([N+](=O)[O-])cc3)cc(C(F)(F)F)n2n1. The van der Waals surface area contributed by atoms with Crippen LogP contribution in [-0.2, 0) is 10.9 Å². The smallest absolute Gasteiger partial charge is 0.433 e. The van der Waals surface area contributed by atoms with E-state index in [0.29, 0.717) is 4.52 Å². The average Bonchev–Trinajstić information content (AvgIpc) is 3.04. The quantitative estimate of drug-likeness (QED) is 0.390. The number of benzene rings is 1. The summed E-state index contributed by atoms with van der Waals surface area (Å²) in [6.07, 6.45) is -4.77. The van der Waals surface area contributed by atoms with Gasteiger partial charge in [0.15, 0.2) is 17.0 Å². The number of fused-ring (bicyclic) bond motifs is 1. The number of nitro groups is 1. The Morgan fingerprint density at radius 3 is 2.48 bits per heavy atom. The highest BCUT2D eigenvalue weighted by atomic mass is 19.4. The van der Waals surface area contributed by atoms with Crippen molar-refractivity contribution in [2.45, 2.75) is 13.1 Å². The molecule has 0 N–H and O–H groups in total. The number of alkyl halides is 3. The van der Waals surface area contributed by atoms with Gasteiger partial charge in [-0.05, 0) is 25.1 Å². The van der Waals surface area contributed by atoms with Gasteiger partial charge < -0.3 is 4.74 Å². The Morgan fingerprint density at radius 2 is 1.93 bits per heavy atom. The van der Waals surface area contributed by atoms with Crippen LogP contribution in [0.4, 0.5) is 18.9 Å². The molecule has 0 fully saturated rings. The summed E-state index contributed by atoms with van der Waals surface area (Å²) >= 11 is 0. The van der Waals surface area contributed by atoms with Crippen LogP contribution < -0.4 is 0 Å². The highest BCUT2D eigenvalue weighted by Crippen LogP contribution is 2.32. The molecule has 2 heterocycles. The van der Waals surface area contributed by atoms with Crippen molar-refractivity contribution < 1.29 is 27.6 Å². The molecule has 3 rings (SSSR count). The molecule has 0 aliphatic rings. The number of carbonyl (C=O) groups excluding carboxylic acids is 1. The van der Waals surface area contributed by atoms with E-state index < -0.39 is 22.8 Å². The van der Waals surface area contributed by atoms with E-state index in [1.807, 2.05) is 0 Å². The molecule has 0 saturated heterocycles. The van der Waals surface area contributed by atoms with Crippen LogP contribution in [-0.4, -0.2) is 32.1 Å². The number of nitro benzene ring substituents is 1. The first-order chi connectivity index (χ1) is 12.7. The summed E-state index contributed by atoms with van der Waals surface area (Å²) in [6.45, 7) is 1.60. The van der Waals surface area contributed by atoms with Gasteiger partial charge in [0.25, 0.3) is 5.69 Å². The number of carbonyl (C=O) groups is 1. The zero-order valence-corrected chi connectivity index (χ0v) is 13.7. The zero-order chi connectivity index (χ0) is 19.8. The summed E-state index contributed by atoms with van der Waals surface area (Å²) in [5.74, 6) is -0.868. The zero-order valence-electron chi connectivity index (χ0n) is 13.7. The molecular formula is C16H11F3N4O4. The summed E-state index contributed by atoms with van der Waals surface area (Å²) in [5, 5.41) is 14.4. The summed E-state index contributed by atoms with van der Waals surface area (Å²) < 4.78 is 45.6. The van der Waals surface area contributed by atoms with Gasteiger partial charge in [0, 0.05) is 23.8 Å². The van der Waals surface area contributed by atoms with E-state index in [1.165, 1.54) is 12.1 Å². The number of aromatic nitrogens is 3. The second-order valence-electron chi connectivity index (χ2n) is 5.35. The molecule has 0 bridgehead atoms. The second-order valence-corrected chi connectivity index (χ2v) is 5.35. The number of hydrogen-bond donors (Lipinski definition) is 0. The molecule has 27 heavy (non-hydrogen) atoms. The molecular weight excluding hydrogens is 369 g/mol. The topological polar surface area (TPSA) is 99.6 Å². The molecule has 0 saturated carbocycles. The molecule has 0 unspecified atom stereocenters. The first kappa shape index (κ1) is 18.3. The van der Waals surface area contributed by atoms with Crippen molar-refractivity contribution in [3.63, 3.8) is 0 Å². The molecule has 0 aliphatic heterocycles. The minimum atomic E-state index is -4.77. The second kappa shape index (κ2) is 6.67. The lowest BCUT2D eigenvalue weighted by atomic mass is 10.1. The monoisotopic (exact) mass is 380 g/mol. The number of ether oxygens (including phenoxy) is 1. The van der Waals surface area contributed by atoms with Crippen LogP contribution in [0.3, 0.4) is 0 Å². The third-order valence-corrected chi connectivity index (χ3v) is 3.58. The summed E-state index contributed by atoms with van der Waals surface area (Å²) in [5.41, 5.74) is -1.69. The number of nitrogens with zero attached hydrogens (tertiary/aromatic N) is 4. The lowest BCUT2D eigenvalue weighted by molar-refractivity contribution is -0.384. The normalized spacial score (nSPS) is 11.6. The van der Waals surface area contributed by atoms with E-state index in [-0.39, 0.29) is 34.9 Å². The number of non-ortho nitro benzene ring substituents is 1. The highest BCUT2D eigenvalue weighted by Gasteiger charge is 2.35. The van der Waals surface area contributed by atoms with Crippen molar-refractivity contribution >= 4 is 17.3 Å². The van der Waals surface area contributed by atoms with Gasteiger partial charge in [-0.15, -0.1) is 0 Å². The maximum absolute atomic E-state index is 13.4. The Labute approximate surface area is 149 Å². The molecule has 2 aromatic heterocycles. The minimum Gasteiger partial charge on any atom is -0.461 e. The third kappa shape index (κ3) is 3.57. The van der Waals surface area contributed by atoms with Crippen LogP contribution in [0.1, 0.15) is 23.1 Å². The Balaban J connectivity index is 2.17. The first-order valence-corrected chi connectivity index (χ1v) is 7.60. The Bertz CT molecular complexity index is 1030. The van der Waals surface area contributed by atoms with Gasteiger partial charge in [0.2, 0.25) is 0 Å². The van der Waals surface area contributed by atoms with Gasteiger partial charge in [-0.2, -0.15) is 18.3 Å². The van der Waals surface area contributed by atoms with E-state index in [4.69, 9.17) is 4.74 Å². The molecule has 0 amide bonds. The number of halogens is 3. The van der Waals surface area contributed by atoms with Crippen LogP contribution in [0.2, 0.25) is 0 Å². The van der Waals surface area contributed by atoms with E-state index in [0.717, 1.165) is 24.3 Å². The molecule has 0 spiro atoms. The predicted octanol–water partition coefficient (Wildman–Crippen LogP) is 3.50. The standard InChI is InChI=1S/C16H11F3N4O4/c1-2-27-15(24)12-8-14-20-11(7-13(16(17,18)19)22(14)21-12)9-3-5-10(6-4-9)23(25)26/h3-8H,2H2,1H3. The predicted molar refractivity (Wildman–Crippen MR) is 86.0 cm³/mol. The molecule has 8 nitrogen and oxygen atoms in total. The molecule has 0 radical (unpaired) electrons. The van der Waals surface area contributed by atoms with Gasteiger partial charge in [-0.3, -0.25) is 10.1 Å². The fourth-order valence-electron chi connectivity index (χ4n) is 2.38. The number of esters is 1. The van der Waals surface area contributed by atoms with Crippen molar-refractivity contribution in [1.29, 1.82) is 0 Å². The largest absolute Gasteiger partial charge is 0.461 e. The Kier molecular flexibility index (Phi) is 4.52. The molecule has 11 heteroatoms. The van der Waals surface area contributed by atoms with Gasteiger partial charge in [0.05, 0.1) is 17.2 Å². The molecule has 0 atom stereocenters. The number of rotatable bonds is 4. The Hall–Kier alpha value is -3.50. The summed E-state index contributed by atoms with van der Waals surface area (Å²) in [7, 11) is 0. The van der Waals surface area contributed by atoms with Gasteiger partial charge in [0.1, 0.15) is 0 Å². The Morgan fingerprint density at radius 1 is 1.26 bits per heavy atom. The van der Waals surface area contributed by atoms with Crippen LogP contribution in [0, 0.1) is 10.1 Å². The van der Waals surface area contributed by atoms with Gasteiger partial charge in [-0.1, -0.05) is 0 Å². The van der Waals surface area contributed by atoms with Crippen molar-refractivity contribution in [2.75, 3.05) is 6.61 Å². The van der Waals surface area contributed by atoms with Crippen molar-refractivity contribution in [1.82, 2.24) is 14.6 Å². The fourth-order valence-corrected chi connectivity index (χ4v) is 2.38. The van der Waals surface area contributed by atoms with Crippen molar-refractivity contribution in [3.8, 4) is 11.3 Å². The minimum absolute atomic E-state index is 0.0420. The number of hydrogen-bond acceptors (Lipinski definition) is 6. The van der Waals surface area contributed by atoms with Gasteiger partial charge >= 0.3 is 12.1 Å². The molecule has 0 aliphatic carbocycles. The lowest BCUT2D eigenvalue weighted by Crippen LogP contribution is -2.14. The lowest BCUT2D eigenvalue weighted by Gasteiger charge is -2.11. The van der Waals surface area contributed by atoms with E-state index in [9.17, 15) is 28.1 Å². The van der Waals surface area contributed by atoms with Crippen LogP contribution >= 0.6 is 0 Å². The molecule has 140 valence electrons. The van der Waals surface area contributed by atoms with Crippen molar-refractivity contribution in [3.05, 3.63) is 57.9 Å². The molecule has 1 aromatic carbocycles. The average molecular weight is 380 g/mol. The van der Waals surface area contributed by atoms with E-state index >= 15 is 0 Å². The fraction of sp³-hybridized carbons (Fsp3) is 0.188. The van der Waals surface area contributed by atoms with Crippen LogP contribution in [0.5, 0.6) is 0 Å². The van der Waals surface area contributed by atoms with Crippen LogP contribution in [0.15, 0.2) is 36.4 Å². The van der Waals surface area contributed by atoms with Crippen LogP contribution in [0.25, 0.3) is 16.9 Å². The highest BCUT2D eigenvalue weighted by molar-refractivity contribution is 5.88. The molecule has 3 aromatic rings. The summed E-state index contributed by atoms with van der Waals surface area (Å²) in [6, 6.07) is 6.75. The van der Waals surface area contributed by atoms with Crippen molar-refractivity contribution in [2.24, 2.45) is 0 Å². The van der Waals surface area contributed by atoms with Gasteiger partial charge in [-0.25, -0.2) is 14.3 Å². The first-order valence-electron chi connectivity index (χ1n) is 7.60. The maximum Gasteiger partial charge on any atom is 0.433 e. The van der Waals surface area contributed by atoms with E-state index in [2.05, 4.69) is 10.1 Å². The maximum atomic E-state index is 13.4. The summed E-state index contributed by atoms with van der Waals surface area (Å²) in [4.78, 5) is 25.9. The third-order valence-electron chi connectivity index (χ3n) is 3.58. The van der Waals surface area contributed by atoms with E-state index in [1.54, 1.807) is 6.92 Å².